The van der Waals surface area contributed by atoms with Gasteiger partial charge in [-0.25, -0.2) is 0 Å². The van der Waals surface area contributed by atoms with Gasteiger partial charge in [-0.3, -0.25) is 4.79 Å². The van der Waals surface area contributed by atoms with Crippen molar-refractivity contribution in [1.29, 1.82) is 0 Å². The monoisotopic (exact) mass is 576 g/mol. The minimum absolute atomic E-state index is 0.0817. The molecule has 7 nitrogen and oxygen atoms in total. The number of ether oxygens (including phenoxy) is 1. The van der Waals surface area contributed by atoms with Gasteiger partial charge in [0, 0.05) is 12.5 Å². The smallest absolute Gasteiger partial charge is 0.305 e. The van der Waals surface area contributed by atoms with Crippen molar-refractivity contribution >= 4 is 5.97 Å². The van der Waals surface area contributed by atoms with Crippen molar-refractivity contribution in [2.24, 2.45) is 52.1 Å². The number of nitrogens with two attached hydrogens (primary N) is 1. The maximum atomic E-state index is 11.8. The highest BCUT2D eigenvalue weighted by molar-refractivity contribution is 5.69. The van der Waals surface area contributed by atoms with E-state index in [9.17, 15) is 9.90 Å². The molecule has 0 aliphatic heterocycles. The van der Waals surface area contributed by atoms with Crippen molar-refractivity contribution in [1.82, 2.24) is 16.0 Å². The molecule has 6 N–H and O–H groups in total. The molecule has 0 radical (unpaired) electrons. The van der Waals surface area contributed by atoms with Crippen LogP contribution in [-0.4, -0.2) is 69.6 Å². The third-order valence-corrected chi connectivity index (χ3v) is 12.7. The zero-order chi connectivity index (χ0) is 29.5. The van der Waals surface area contributed by atoms with Crippen LogP contribution in [0.5, 0.6) is 0 Å². The number of hydrogen-bond donors (Lipinski definition) is 5. The average molecular weight is 577 g/mol. The molecule has 0 amide bonds. The lowest BCUT2D eigenvalue weighted by atomic mass is 9.43. The molecule has 0 spiro atoms. The lowest BCUT2D eigenvalue weighted by molar-refractivity contribution is -0.167. The van der Waals surface area contributed by atoms with Crippen molar-refractivity contribution in [2.45, 2.75) is 116 Å². The zero-order valence-electron chi connectivity index (χ0n) is 26.9. The van der Waals surface area contributed by atoms with E-state index in [1.54, 1.807) is 0 Å². The number of carbonyl (C=O) groups is 1. The van der Waals surface area contributed by atoms with Crippen LogP contribution in [0.1, 0.15) is 104 Å². The summed E-state index contributed by atoms with van der Waals surface area (Å²) in [6.45, 7) is 13.6. The summed E-state index contributed by atoms with van der Waals surface area (Å²) >= 11 is 0. The first-order valence-corrected chi connectivity index (χ1v) is 17.3. The van der Waals surface area contributed by atoms with Crippen molar-refractivity contribution in [3.05, 3.63) is 0 Å². The van der Waals surface area contributed by atoms with Gasteiger partial charge >= 0.3 is 5.97 Å². The van der Waals surface area contributed by atoms with Gasteiger partial charge in [0.25, 0.3) is 0 Å². The van der Waals surface area contributed by atoms with Crippen molar-refractivity contribution < 1.29 is 14.6 Å². The standard InChI is InChI=1S/C34H64N4O3/c1-24(8-11-31(40)41-4)27-9-10-28-32-29(13-15-34(27,28)3)33(2)14-12-26(22-25(33)23-30(32)39)38-21-7-20-37-19-6-18-36-17-5-16-35/h24-30,32,36-39H,5-23,35H2,1-4H3/t24-,25?,26+,27-,28?,29?,30+,32?,33+,34-/m1/s1. The predicted octanol–water partition coefficient (Wildman–Crippen LogP) is 4.47. The van der Waals surface area contributed by atoms with E-state index in [-0.39, 0.29) is 12.1 Å². The van der Waals surface area contributed by atoms with E-state index in [0.29, 0.717) is 58.8 Å². The number of methoxy groups -OCH3 is 1. The van der Waals surface area contributed by atoms with Gasteiger partial charge in [0.05, 0.1) is 13.2 Å². The summed E-state index contributed by atoms with van der Waals surface area (Å²) in [5.74, 6) is 3.49. The van der Waals surface area contributed by atoms with Crippen LogP contribution >= 0.6 is 0 Å². The number of rotatable bonds is 16. The Balaban J connectivity index is 1.22. The summed E-state index contributed by atoms with van der Waals surface area (Å²) in [6.07, 6.45) is 14.6. The van der Waals surface area contributed by atoms with Crippen LogP contribution < -0.4 is 21.7 Å². The second-order valence-corrected chi connectivity index (χ2v) is 14.9. The fourth-order valence-electron chi connectivity index (χ4n) is 10.4. The second-order valence-electron chi connectivity index (χ2n) is 14.9. The Kier molecular flexibility index (Phi) is 12.4. The number of fused-ring (bicyclic) bond motifs is 5. The molecule has 0 aromatic rings. The van der Waals surface area contributed by atoms with Gasteiger partial charge in [0.2, 0.25) is 0 Å². The van der Waals surface area contributed by atoms with Gasteiger partial charge in [-0.1, -0.05) is 20.8 Å². The Bertz CT molecular complexity index is 813. The van der Waals surface area contributed by atoms with E-state index in [1.807, 2.05) is 0 Å². The van der Waals surface area contributed by atoms with Crippen LogP contribution in [0.3, 0.4) is 0 Å². The highest BCUT2D eigenvalue weighted by Gasteiger charge is 2.62. The van der Waals surface area contributed by atoms with Crippen molar-refractivity contribution in [3.8, 4) is 0 Å². The van der Waals surface area contributed by atoms with Crippen LogP contribution in [0.15, 0.2) is 0 Å². The number of aliphatic hydroxyl groups excluding tert-OH is 1. The molecular weight excluding hydrogens is 512 g/mol. The largest absolute Gasteiger partial charge is 0.469 e. The van der Waals surface area contributed by atoms with Crippen LogP contribution in [-0.2, 0) is 9.53 Å². The molecular formula is C34H64N4O3. The molecule has 4 aliphatic carbocycles. The van der Waals surface area contributed by atoms with Gasteiger partial charge in [-0.15, -0.1) is 0 Å². The number of esters is 1. The van der Waals surface area contributed by atoms with Crippen molar-refractivity contribution in [2.75, 3.05) is 46.4 Å². The van der Waals surface area contributed by atoms with E-state index in [4.69, 9.17) is 10.5 Å². The number of carbonyl (C=O) groups excluding carboxylic acids is 1. The quantitative estimate of drug-likeness (QED) is 0.136. The molecule has 0 heterocycles. The molecule has 0 aromatic carbocycles. The Morgan fingerprint density at radius 2 is 1.59 bits per heavy atom. The fraction of sp³-hybridized carbons (Fsp3) is 0.971. The maximum absolute atomic E-state index is 11.8. The fourth-order valence-corrected chi connectivity index (χ4v) is 10.4. The summed E-state index contributed by atoms with van der Waals surface area (Å²) in [6, 6.07) is 0.601. The van der Waals surface area contributed by atoms with Crippen LogP contribution in [0.2, 0.25) is 0 Å². The van der Waals surface area contributed by atoms with Crippen LogP contribution in [0.25, 0.3) is 0 Å². The zero-order valence-corrected chi connectivity index (χ0v) is 26.9. The molecule has 0 bridgehead atoms. The number of nitrogens with one attached hydrogen (secondary N) is 3. The third-order valence-electron chi connectivity index (χ3n) is 12.7. The maximum Gasteiger partial charge on any atom is 0.305 e. The summed E-state index contributed by atoms with van der Waals surface area (Å²) in [5.41, 5.74) is 6.21. The summed E-state index contributed by atoms with van der Waals surface area (Å²) < 4.78 is 4.92. The van der Waals surface area contributed by atoms with E-state index in [1.165, 1.54) is 64.9 Å². The minimum Gasteiger partial charge on any atom is -0.469 e. The van der Waals surface area contributed by atoms with E-state index in [0.717, 1.165) is 58.5 Å². The molecule has 0 aromatic heterocycles. The molecule has 4 aliphatic rings. The molecule has 4 fully saturated rings. The lowest BCUT2D eigenvalue weighted by Crippen LogP contribution is -2.59. The summed E-state index contributed by atoms with van der Waals surface area (Å²) in [4.78, 5) is 11.8. The molecule has 4 unspecified atom stereocenters. The molecule has 7 heteroatoms. The third kappa shape index (κ3) is 7.68. The van der Waals surface area contributed by atoms with E-state index in [2.05, 4.69) is 36.7 Å². The van der Waals surface area contributed by atoms with Gasteiger partial charge in [0.1, 0.15) is 0 Å². The number of aliphatic hydroxyl groups is 1. The normalized spacial score (nSPS) is 39.0. The topological polar surface area (TPSA) is 109 Å². The first-order valence-electron chi connectivity index (χ1n) is 17.3. The Hall–Kier alpha value is -0.730. The van der Waals surface area contributed by atoms with Gasteiger partial charge < -0.3 is 31.5 Å². The molecule has 0 saturated heterocycles. The van der Waals surface area contributed by atoms with Gasteiger partial charge in [-0.05, 0) is 163 Å². The second kappa shape index (κ2) is 15.3. The van der Waals surface area contributed by atoms with Crippen LogP contribution in [0.4, 0.5) is 0 Å². The molecule has 41 heavy (non-hydrogen) atoms. The summed E-state index contributed by atoms with van der Waals surface area (Å²) in [7, 11) is 1.49. The number of hydrogen-bond acceptors (Lipinski definition) is 7. The predicted molar refractivity (Wildman–Crippen MR) is 167 cm³/mol. The molecule has 4 saturated carbocycles. The Morgan fingerprint density at radius 1 is 0.927 bits per heavy atom. The molecule has 10 atom stereocenters. The minimum atomic E-state index is -0.153. The molecule has 238 valence electrons. The first-order chi connectivity index (χ1) is 19.7. The van der Waals surface area contributed by atoms with Gasteiger partial charge in [-0.2, -0.15) is 0 Å². The summed E-state index contributed by atoms with van der Waals surface area (Å²) in [5, 5.41) is 22.6. The SMILES string of the molecule is COC(=O)CC[C@@H](C)[C@H]1CCC2C3C(CC[C@@]21C)[C@@]1(C)CC[C@H](NCCCNCCCNCCCN)CC1C[C@@H]3O. The Labute approximate surface area is 251 Å². The van der Waals surface area contributed by atoms with E-state index < -0.39 is 0 Å². The lowest BCUT2D eigenvalue weighted by Gasteiger charge is -2.62. The Morgan fingerprint density at radius 3 is 2.29 bits per heavy atom. The van der Waals surface area contributed by atoms with Crippen LogP contribution in [0, 0.1) is 46.3 Å². The first kappa shape index (κ1) is 33.2. The van der Waals surface area contributed by atoms with Gasteiger partial charge in [0.15, 0.2) is 0 Å². The van der Waals surface area contributed by atoms with E-state index >= 15 is 0 Å². The molecule has 4 rings (SSSR count). The van der Waals surface area contributed by atoms with Crippen molar-refractivity contribution in [3.63, 3.8) is 0 Å². The average Bonchev–Trinajstić information content (AvgIpc) is 3.32. The highest BCUT2D eigenvalue weighted by atomic mass is 16.5. The highest BCUT2D eigenvalue weighted by Crippen LogP contribution is 2.68.